The molecule has 0 aliphatic rings. The normalized spacial score (nSPS) is 14.4. The summed E-state index contributed by atoms with van der Waals surface area (Å²) in [5.41, 5.74) is 1.48. The van der Waals surface area contributed by atoms with Crippen molar-refractivity contribution in [2.24, 2.45) is 0 Å². The van der Waals surface area contributed by atoms with E-state index in [4.69, 9.17) is 11.6 Å². The summed E-state index contributed by atoms with van der Waals surface area (Å²) in [6.45, 7) is 3.28. The Morgan fingerprint density at radius 2 is 2.06 bits per heavy atom. The summed E-state index contributed by atoms with van der Waals surface area (Å²) < 4.78 is 0. The highest BCUT2D eigenvalue weighted by molar-refractivity contribution is 8.13. The Balaban J connectivity index is 2.73. The van der Waals surface area contributed by atoms with Crippen LogP contribution in [0.25, 0.3) is 0 Å². The molecule has 0 fully saturated rings. The Morgan fingerprint density at radius 3 is 2.59 bits per heavy atom. The number of hydrogen-bond donors (Lipinski definition) is 2. The number of hydrogen-bond acceptors (Lipinski definition) is 4. The molecule has 2 unspecified atom stereocenters. The van der Waals surface area contributed by atoms with Crippen LogP contribution in [0.4, 0.5) is 0 Å². The predicted molar refractivity (Wildman–Crippen MR) is 70.3 cm³/mol. The van der Waals surface area contributed by atoms with Crippen molar-refractivity contribution >= 4 is 28.5 Å². The minimum absolute atomic E-state index is 0.0847. The van der Waals surface area contributed by atoms with Gasteiger partial charge in [-0.3, -0.25) is 4.79 Å². The number of rotatable bonds is 4. The Morgan fingerprint density at radius 1 is 1.41 bits per heavy atom. The minimum Gasteiger partial charge on any atom is -0.389 e. The van der Waals surface area contributed by atoms with Crippen molar-refractivity contribution in [1.29, 1.82) is 0 Å². The van der Waals surface area contributed by atoms with Gasteiger partial charge in [-0.25, -0.2) is 0 Å². The van der Waals surface area contributed by atoms with E-state index in [2.05, 4.69) is 0 Å². The van der Waals surface area contributed by atoms with E-state index in [1.807, 2.05) is 6.92 Å². The van der Waals surface area contributed by atoms with Crippen molar-refractivity contribution < 1.29 is 15.0 Å². The van der Waals surface area contributed by atoms with E-state index >= 15 is 0 Å². The van der Waals surface area contributed by atoms with Crippen molar-refractivity contribution in [1.82, 2.24) is 0 Å². The largest absolute Gasteiger partial charge is 0.389 e. The predicted octanol–water partition coefficient (Wildman–Crippen LogP) is 2.32. The van der Waals surface area contributed by atoms with Crippen molar-refractivity contribution in [3.63, 3.8) is 0 Å². The third-order valence-corrected chi connectivity index (χ3v) is 3.36. The zero-order valence-corrected chi connectivity index (χ0v) is 11.3. The van der Waals surface area contributed by atoms with E-state index < -0.39 is 12.2 Å². The van der Waals surface area contributed by atoms with Crippen LogP contribution in [0.15, 0.2) is 18.2 Å². The standard InChI is InChI=1S/C12H15ClO3S/c1-7-3-9(5-10(13)4-7)12(16)11(15)6-17-8(2)14/h3-5,11-12,15-16H,6H2,1-2H3. The molecule has 0 spiro atoms. The number of aliphatic hydroxyl groups is 2. The molecule has 0 bridgehead atoms. The van der Waals surface area contributed by atoms with Gasteiger partial charge in [0.05, 0.1) is 6.10 Å². The number of halogens is 1. The minimum atomic E-state index is -1.03. The highest BCUT2D eigenvalue weighted by Gasteiger charge is 2.19. The van der Waals surface area contributed by atoms with Gasteiger partial charge >= 0.3 is 0 Å². The molecular formula is C12H15ClO3S. The maximum absolute atomic E-state index is 10.8. The molecule has 0 amide bonds. The van der Waals surface area contributed by atoms with Crippen LogP contribution >= 0.6 is 23.4 Å². The molecule has 1 rings (SSSR count). The number of benzene rings is 1. The molecule has 5 heteroatoms. The van der Waals surface area contributed by atoms with Crippen LogP contribution < -0.4 is 0 Å². The molecule has 2 atom stereocenters. The van der Waals surface area contributed by atoms with Gasteiger partial charge in [0.15, 0.2) is 5.12 Å². The van der Waals surface area contributed by atoms with Crippen molar-refractivity contribution in [2.45, 2.75) is 26.1 Å². The SMILES string of the molecule is CC(=O)SCC(O)C(O)c1cc(C)cc(Cl)c1. The first kappa shape index (κ1) is 14.5. The fourth-order valence-corrected chi connectivity index (χ4v) is 2.34. The van der Waals surface area contributed by atoms with Gasteiger partial charge in [-0.2, -0.15) is 0 Å². The quantitative estimate of drug-likeness (QED) is 0.885. The lowest BCUT2D eigenvalue weighted by Crippen LogP contribution is -2.21. The summed E-state index contributed by atoms with van der Waals surface area (Å²) in [5, 5.41) is 20.1. The molecule has 17 heavy (non-hydrogen) atoms. The maximum Gasteiger partial charge on any atom is 0.185 e. The lowest BCUT2D eigenvalue weighted by molar-refractivity contribution is -0.109. The Kier molecular flexibility index (Phi) is 5.46. The maximum atomic E-state index is 10.8. The molecule has 0 aliphatic carbocycles. The Hall–Kier alpha value is -0.550. The third kappa shape index (κ3) is 4.68. The molecule has 0 aromatic heterocycles. The number of aliphatic hydroxyl groups excluding tert-OH is 2. The molecule has 94 valence electrons. The van der Waals surface area contributed by atoms with Crippen molar-refractivity contribution in [3.05, 3.63) is 34.3 Å². The Bertz CT molecular complexity index is 388. The van der Waals surface area contributed by atoms with Gasteiger partial charge in [0, 0.05) is 17.7 Å². The monoisotopic (exact) mass is 274 g/mol. The number of carbonyl (C=O) groups is 1. The fraction of sp³-hybridized carbons (Fsp3) is 0.417. The summed E-state index contributed by atoms with van der Waals surface area (Å²) in [6, 6.07) is 5.15. The van der Waals surface area contributed by atoms with E-state index in [9.17, 15) is 15.0 Å². The highest BCUT2D eigenvalue weighted by Crippen LogP contribution is 2.24. The first-order valence-corrected chi connectivity index (χ1v) is 6.53. The summed E-state index contributed by atoms with van der Waals surface area (Å²) in [5.74, 6) is 0.169. The summed E-state index contributed by atoms with van der Waals surface area (Å²) in [6.07, 6.45) is -2.01. The second-order valence-corrected chi connectivity index (χ2v) is 5.51. The topological polar surface area (TPSA) is 57.5 Å². The molecule has 1 aromatic carbocycles. The van der Waals surface area contributed by atoms with E-state index in [-0.39, 0.29) is 10.9 Å². The summed E-state index contributed by atoms with van der Waals surface area (Å²) in [7, 11) is 0. The lowest BCUT2D eigenvalue weighted by atomic mass is 10.0. The van der Waals surface area contributed by atoms with Crippen LogP contribution in [0, 0.1) is 6.92 Å². The first-order valence-electron chi connectivity index (χ1n) is 5.16. The molecule has 0 radical (unpaired) electrons. The summed E-state index contributed by atoms with van der Waals surface area (Å²) >= 11 is 6.86. The molecule has 0 saturated heterocycles. The molecule has 0 heterocycles. The van der Waals surface area contributed by atoms with Gasteiger partial charge in [-0.15, -0.1) is 0 Å². The summed E-state index contributed by atoms with van der Waals surface area (Å²) in [4.78, 5) is 10.8. The number of thioether (sulfide) groups is 1. The second kappa shape index (κ2) is 6.40. The zero-order chi connectivity index (χ0) is 13.0. The smallest absolute Gasteiger partial charge is 0.185 e. The second-order valence-electron chi connectivity index (χ2n) is 3.88. The van der Waals surface area contributed by atoms with Crippen molar-refractivity contribution in [2.75, 3.05) is 5.75 Å². The molecular weight excluding hydrogens is 260 g/mol. The van der Waals surface area contributed by atoms with Crippen LogP contribution in [0.3, 0.4) is 0 Å². The molecule has 0 aliphatic heterocycles. The van der Waals surface area contributed by atoms with Crippen molar-refractivity contribution in [3.8, 4) is 0 Å². The van der Waals surface area contributed by atoms with Crippen LogP contribution in [-0.4, -0.2) is 27.2 Å². The first-order chi connectivity index (χ1) is 7.90. The van der Waals surface area contributed by atoms with Gasteiger partial charge in [-0.05, 0) is 30.2 Å². The third-order valence-electron chi connectivity index (χ3n) is 2.23. The van der Waals surface area contributed by atoms with Gasteiger partial charge in [-0.1, -0.05) is 29.4 Å². The van der Waals surface area contributed by atoms with Crippen LogP contribution in [-0.2, 0) is 4.79 Å². The van der Waals surface area contributed by atoms with Crippen LogP contribution in [0.5, 0.6) is 0 Å². The molecule has 0 saturated carbocycles. The van der Waals surface area contributed by atoms with Gasteiger partial charge < -0.3 is 10.2 Å². The van der Waals surface area contributed by atoms with E-state index in [0.29, 0.717) is 10.6 Å². The van der Waals surface area contributed by atoms with Gasteiger partial charge in [0.25, 0.3) is 0 Å². The van der Waals surface area contributed by atoms with E-state index in [1.54, 1.807) is 18.2 Å². The van der Waals surface area contributed by atoms with Crippen LogP contribution in [0.2, 0.25) is 5.02 Å². The molecule has 2 N–H and O–H groups in total. The average molecular weight is 275 g/mol. The highest BCUT2D eigenvalue weighted by atomic mass is 35.5. The lowest BCUT2D eigenvalue weighted by Gasteiger charge is -2.18. The van der Waals surface area contributed by atoms with E-state index in [0.717, 1.165) is 17.3 Å². The zero-order valence-electron chi connectivity index (χ0n) is 9.68. The molecule has 3 nitrogen and oxygen atoms in total. The van der Waals surface area contributed by atoms with Gasteiger partial charge in [0.2, 0.25) is 0 Å². The van der Waals surface area contributed by atoms with E-state index in [1.165, 1.54) is 6.92 Å². The average Bonchev–Trinajstić information content (AvgIpc) is 2.23. The number of carbonyl (C=O) groups excluding carboxylic acids is 1. The number of aryl methyl sites for hydroxylation is 1. The molecule has 1 aromatic rings. The van der Waals surface area contributed by atoms with Crippen LogP contribution in [0.1, 0.15) is 24.2 Å². The Labute approximate surface area is 110 Å². The van der Waals surface area contributed by atoms with Gasteiger partial charge in [0.1, 0.15) is 6.10 Å². The fourth-order valence-electron chi connectivity index (χ4n) is 1.45.